The van der Waals surface area contributed by atoms with Gasteiger partial charge in [0, 0.05) is 24.4 Å². The lowest BCUT2D eigenvalue weighted by molar-refractivity contribution is 0.0942. The first-order valence-electron chi connectivity index (χ1n) is 8.09. The molecule has 4 aromatic rings. The number of rotatable bonds is 5. The summed E-state index contributed by atoms with van der Waals surface area (Å²) in [5.41, 5.74) is 2.97. The number of nitrogens with zero attached hydrogens (tertiary/aromatic N) is 2. The van der Waals surface area contributed by atoms with Gasteiger partial charge in [-0.15, -0.1) is 11.3 Å². The minimum atomic E-state index is -0.281. The number of aromatic nitrogens is 2. The molecule has 0 aliphatic heterocycles. The third kappa shape index (κ3) is 3.41. The van der Waals surface area contributed by atoms with Crippen LogP contribution in [-0.2, 0) is 6.54 Å². The molecule has 0 spiro atoms. The summed E-state index contributed by atoms with van der Waals surface area (Å²) >= 11 is 1.62. The Morgan fingerprint density at radius 3 is 2.77 bits per heavy atom. The Bertz CT molecular complexity index is 1010. The number of carbonyl (C=O) groups is 1. The van der Waals surface area contributed by atoms with Crippen LogP contribution in [0.4, 0.5) is 0 Å². The van der Waals surface area contributed by atoms with Gasteiger partial charge in [0.2, 0.25) is 0 Å². The third-order valence-corrected chi connectivity index (χ3v) is 4.76. The van der Waals surface area contributed by atoms with E-state index in [4.69, 9.17) is 4.52 Å². The predicted octanol–water partition coefficient (Wildman–Crippen LogP) is 4.40. The van der Waals surface area contributed by atoms with Crippen molar-refractivity contribution in [3.05, 3.63) is 83.5 Å². The van der Waals surface area contributed by atoms with Gasteiger partial charge < -0.3 is 9.84 Å². The van der Waals surface area contributed by atoms with Gasteiger partial charge in [0.25, 0.3) is 5.91 Å². The molecule has 0 aliphatic rings. The van der Waals surface area contributed by atoms with E-state index in [1.165, 1.54) is 0 Å². The van der Waals surface area contributed by atoms with Crippen LogP contribution >= 0.6 is 11.3 Å². The summed E-state index contributed by atoms with van der Waals surface area (Å²) in [4.78, 5) is 17.9. The quantitative estimate of drug-likeness (QED) is 0.572. The molecule has 3 heterocycles. The Hall–Kier alpha value is -3.25. The van der Waals surface area contributed by atoms with E-state index in [-0.39, 0.29) is 11.6 Å². The first kappa shape index (κ1) is 16.2. The van der Waals surface area contributed by atoms with Crippen molar-refractivity contribution in [1.82, 2.24) is 15.5 Å². The van der Waals surface area contributed by atoms with Crippen molar-refractivity contribution >= 4 is 17.2 Å². The van der Waals surface area contributed by atoms with Gasteiger partial charge >= 0.3 is 0 Å². The summed E-state index contributed by atoms with van der Waals surface area (Å²) in [6.45, 7) is 0.368. The topological polar surface area (TPSA) is 68.0 Å². The van der Waals surface area contributed by atoms with E-state index in [9.17, 15) is 4.79 Å². The van der Waals surface area contributed by atoms with Gasteiger partial charge in [0.05, 0.1) is 10.6 Å². The van der Waals surface area contributed by atoms with Crippen molar-refractivity contribution in [2.45, 2.75) is 6.54 Å². The maximum atomic E-state index is 12.4. The van der Waals surface area contributed by atoms with Crippen LogP contribution in [0.5, 0.6) is 0 Å². The van der Waals surface area contributed by atoms with Crippen LogP contribution in [0.1, 0.15) is 16.1 Å². The third-order valence-electron chi connectivity index (χ3n) is 3.89. The van der Waals surface area contributed by atoms with Gasteiger partial charge in [-0.3, -0.25) is 9.78 Å². The Kier molecular flexibility index (Phi) is 4.57. The standard InChI is InChI=1S/C20H15N3O2S/c24-20(16-12-17(25-23-16)14-6-2-1-3-7-14)22-13-15-8-4-10-21-19(15)18-9-5-11-26-18/h1-12H,13H2,(H,22,24). The van der Waals surface area contributed by atoms with Gasteiger partial charge in [-0.2, -0.15) is 0 Å². The lowest BCUT2D eigenvalue weighted by Crippen LogP contribution is -2.23. The molecule has 3 aromatic heterocycles. The molecule has 128 valence electrons. The van der Waals surface area contributed by atoms with Crippen LogP contribution in [0.25, 0.3) is 21.9 Å². The summed E-state index contributed by atoms with van der Waals surface area (Å²) in [7, 11) is 0. The molecule has 0 bridgehead atoms. The Labute approximate surface area is 154 Å². The van der Waals surface area contributed by atoms with Crippen molar-refractivity contribution in [1.29, 1.82) is 0 Å². The number of pyridine rings is 1. The molecule has 0 unspecified atom stereocenters. The zero-order chi connectivity index (χ0) is 17.8. The number of nitrogens with one attached hydrogen (secondary N) is 1. The zero-order valence-electron chi connectivity index (χ0n) is 13.8. The molecule has 0 atom stereocenters. The number of thiophene rings is 1. The van der Waals surface area contributed by atoms with E-state index >= 15 is 0 Å². The number of carbonyl (C=O) groups excluding carboxylic acids is 1. The van der Waals surface area contributed by atoms with Crippen molar-refractivity contribution in [2.75, 3.05) is 0 Å². The molecule has 1 amide bonds. The number of hydrogen-bond donors (Lipinski definition) is 1. The Balaban J connectivity index is 1.48. The minimum Gasteiger partial charge on any atom is -0.355 e. The maximum Gasteiger partial charge on any atom is 0.273 e. The molecule has 1 N–H and O–H groups in total. The first-order chi connectivity index (χ1) is 12.8. The van der Waals surface area contributed by atoms with Crippen molar-refractivity contribution < 1.29 is 9.32 Å². The summed E-state index contributed by atoms with van der Waals surface area (Å²) in [6.07, 6.45) is 1.75. The lowest BCUT2D eigenvalue weighted by Gasteiger charge is -2.07. The Morgan fingerprint density at radius 1 is 1.08 bits per heavy atom. The molecule has 26 heavy (non-hydrogen) atoms. The van der Waals surface area contributed by atoms with Crippen LogP contribution < -0.4 is 5.32 Å². The fourth-order valence-electron chi connectivity index (χ4n) is 2.60. The van der Waals surface area contributed by atoms with Gasteiger partial charge in [-0.1, -0.05) is 47.6 Å². The molecule has 5 nitrogen and oxygen atoms in total. The summed E-state index contributed by atoms with van der Waals surface area (Å²) in [5.74, 6) is 0.285. The fraction of sp³-hybridized carbons (Fsp3) is 0.0500. The average molecular weight is 361 g/mol. The number of amides is 1. The van der Waals surface area contributed by atoms with E-state index in [1.807, 2.05) is 60.0 Å². The van der Waals surface area contributed by atoms with E-state index < -0.39 is 0 Å². The van der Waals surface area contributed by atoms with Crippen LogP contribution in [-0.4, -0.2) is 16.0 Å². The van der Waals surface area contributed by atoms with Crippen LogP contribution in [0.15, 0.2) is 76.8 Å². The van der Waals surface area contributed by atoms with Crippen molar-refractivity contribution in [2.24, 2.45) is 0 Å². The highest BCUT2D eigenvalue weighted by Crippen LogP contribution is 2.26. The SMILES string of the molecule is O=C(NCc1cccnc1-c1cccs1)c1cc(-c2ccccc2)on1. The second kappa shape index (κ2) is 7.33. The smallest absolute Gasteiger partial charge is 0.273 e. The van der Waals surface area contributed by atoms with Crippen LogP contribution in [0.2, 0.25) is 0 Å². The molecular weight excluding hydrogens is 346 g/mol. The normalized spacial score (nSPS) is 10.6. The molecule has 0 saturated heterocycles. The second-order valence-corrected chi connectivity index (χ2v) is 6.56. The highest BCUT2D eigenvalue weighted by atomic mass is 32.1. The minimum absolute atomic E-state index is 0.255. The van der Waals surface area contributed by atoms with Crippen molar-refractivity contribution in [3.63, 3.8) is 0 Å². The molecular formula is C20H15N3O2S. The molecule has 6 heteroatoms. The summed E-state index contributed by atoms with van der Waals surface area (Å²) in [6, 6.07) is 19.0. The second-order valence-electron chi connectivity index (χ2n) is 5.61. The molecule has 0 aliphatic carbocycles. The van der Waals surface area contributed by atoms with Crippen LogP contribution in [0.3, 0.4) is 0 Å². The predicted molar refractivity (Wildman–Crippen MR) is 101 cm³/mol. The maximum absolute atomic E-state index is 12.4. The van der Waals surface area contributed by atoms with Gasteiger partial charge in [0.1, 0.15) is 0 Å². The lowest BCUT2D eigenvalue weighted by atomic mass is 10.1. The van der Waals surface area contributed by atoms with E-state index in [2.05, 4.69) is 15.5 Å². The molecule has 4 rings (SSSR count). The molecule has 0 fully saturated rings. The van der Waals surface area contributed by atoms with E-state index in [1.54, 1.807) is 23.6 Å². The van der Waals surface area contributed by atoms with Crippen molar-refractivity contribution in [3.8, 4) is 21.9 Å². The van der Waals surface area contributed by atoms with E-state index in [0.717, 1.165) is 21.7 Å². The first-order valence-corrected chi connectivity index (χ1v) is 8.97. The molecule has 0 saturated carbocycles. The molecule has 0 radical (unpaired) electrons. The van der Waals surface area contributed by atoms with Crippen LogP contribution in [0, 0.1) is 0 Å². The average Bonchev–Trinajstić information content (AvgIpc) is 3.39. The monoisotopic (exact) mass is 361 g/mol. The number of benzene rings is 1. The zero-order valence-corrected chi connectivity index (χ0v) is 14.6. The summed E-state index contributed by atoms with van der Waals surface area (Å²) in [5, 5.41) is 8.77. The van der Waals surface area contributed by atoms with Gasteiger partial charge in [-0.05, 0) is 23.1 Å². The fourth-order valence-corrected chi connectivity index (χ4v) is 3.36. The molecule has 1 aromatic carbocycles. The summed E-state index contributed by atoms with van der Waals surface area (Å²) < 4.78 is 5.28. The number of hydrogen-bond acceptors (Lipinski definition) is 5. The van der Waals surface area contributed by atoms with Gasteiger partial charge in [0.15, 0.2) is 11.5 Å². The highest BCUT2D eigenvalue weighted by Gasteiger charge is 2.14. The largest absolute Gasteiger partial charge is 0.355 e. The highest BCUT2D eigenvalue weighted by molar-refractivity contribution is 7.13. The van der Waals surface area contributed by atoms with E-state index in [0.29, 0.717) is 12.3 Å². The van der Waals surface area contributed by atoms with Gasteiger partial charge in [-0.25, -0.2) is 0 Å². The Morgan fingerprint density at radius 2 is 1.96 bits per heavy atom.